The summed E-state index contributed by atoms with van der Waals surface area (Å²) in [5.74, 6) is -0.395. The van der Waals surface area contributed by atoms with Crippen LogP contribution in [0.5, 0.6) is 0 Å². The summed E-state index contributed by atoms with van der Waals surface area (Å²) in [6, 6.07) is 5.98. The molecule has 1 saturated heterocycles. The molecule has 0 bridgehead atoms. The molecule has 2 aromatic rings. The van der Waals surface area contributed by atoms with Crippen LogP contribution < -0.4 is 5.32 Å². The first kappa shape index (κ1) is 17.7. The molecule has 2 heterocycles. The van der Waals surface area contributed by atoms with Crippen LogP contribution in [0.2, 0.25) is 5.02 Å². The molecule has 3 rings (SSSR count). The van der Waals surface area contributed by atoms with Gasteiger partial charge in [0.05, 0.1) is 18.8 Å². The Morgan fingerprint density at radius 1 is 1.48 bits per heavy atom. The van der Waals surface area contributed by atoms with Crippen molar-refractivity contribution in [2.24, 2.45) is 7.05 Å². The molecule has 0 spiro atoms. The number of aryl methyl sites for hydroxylation is 1. The Morgan fingerprint density at radius 2 is 2.32 bits per heavy atom. The highest BCUT2D eigenvalue weighted by Gasteiger charge is 2.26. The number of nitrogens with zero attached hydrogens (tertiary/aromatic N) is 3. The Balaban J connectivity index is 1.54. The van der Waals surface area contributed by atoms with Crippen molar-refractivity contribution in [2.45, 2.75) is 12.5 Å². The second-order valence-electron chi connectivity index (χ2n) is 5.93. The number of halogens is 2. The number of rotatable bonds is 4. The summed E-state index contributed by atoms with van der Waals surface area (Å²) < 4.78 is 20.6. The number of hydrogen-bond donors (Lipinski definition) is 1. The van der Waals surface area contributed by atoms with Gasteiger partial charge in [0.1, 0.15) is 11.9 Å². The minimum atomic E-state index is -0.395. The van der Waals surface area contributed by atoms with Crippen molar-refractivity contribution in [3.05, 3.63) is 52.6 Å². The Kier molecular flexibility index (Phi) is 5.55. The molecule has 1 aromatic heterocycles. The molecule has 25 heavy (non-hydrogen) atoms. The zero-order chi connectivity index (χ0) is 17.8. The first-order valence-corrected chi connectivity index (χ1v) is 8.48. The highest BCUT2D eigenvalue weighted by Crippen LogP contribution is 2.29. The predicted molar refractivity (Wildman–Crippen MR) is 92.0 cm³/mol. The maximum Gasteiger partial charge on any atom is 0.317 e. The van der Waals surface area contributed by atoms with E-state index < -0.39 is 5.82 Å². The number of ether oxygens (including phenoxy) is 1. The minimum absolute atomic E-state index is 0.150. The topological polar surface area (TPSA) is 59.4 Å². The van der Waals surface area contributed by atoms with Crippen LogP contribution in [0.4, 0.5) is 9.18 Å². The van der Waals surface area contributed by atoms with Crippen LogP contribution in [0, 0.1) is 5.82 Å². The van der Waals surface area contributed by atoms with Gasteiger partial charge in [0.15, 0.2) is 0 Å². The van der Waals surface area contributed by atoms with E-state index in [1.807, 2.05) is 19.3 Å². The number of carbonyl (C=O) groups excluding carboxylic acids is 1. The maximum atomic E-state index is 13.2. The van der Waals surface area contributed by atoms with E-state index in [1.54, 1.807) is 15.6 Å². The molecule has 6 nitrogen and oxygen atoms in total. The average Bonchev–Trinajstić information content (AvgIpc) is 3.00. The second kappa shape index (κ2) is 7.84. The average molecular weight is 367 g/mol. The van der Waals surface area contributed by atoms with Gasteiger partial charge in [-0.1, -0.05) is 17.7 Å². The Labute approximate surface area is 150 Å². The predicted octanol–water partition coefficient (Wildman–Crippen LogP) is 2.54. The molecule has 8 heteroatoms. The van der Waals surface area contributed by atoms with E-state index in [9.17, 15) is 9.18 Å². The van der Waals surface area contributed by atoms with Crippen molar-refractivity contribution in [2.75, 3.05) is 26.2 Å². The smallest absolute Gasteiger partial charge is 0.317 e. The molecule has 1 atom stereocenters. The summed E-state index contributed by atoms with van der Waals surface area (Å²) in [5, 5.41) is 7.48. The lowest BCUT2D eigenvalue weighted by molar-refractivity contribution is -0.0153. The van der Waals surface area contributed by atoms with E-state index in [2.05, 4.69) is 10.4 Å². The number of morpholine rings is 1. The van der Waals surface area contributed by atoms with Crippen LogP contribution in [-0.4, -0.2) is 47.0 Å². The molecule has 0 saturated carbocycles. The monoisotopic (exact) mass is 366 g/mol. The van der Waals surface area contributed by atoms with Crippen LogP contribution in [-0.2, 0) is 18.2 Å². The second-order valence-corrected chi connectivity index (χ2v) is 6.34. The van der Waals surface area contributed by atoms with E-state index in [-0.39, 0.29) is 12.1 Å². The van der Waals surface area contributed by atoms with Crippen LogP contribution in [0.15, 0.2) is 30.5 Å². The molecule has 1 aromatic carbocycles. The third kappa shape index (κ3) is 4.49. The van der Waals surface area contributed by atoms with Crippen molar-refractivity contribution in [1.29, 1.82) is 0 Å². The van der Waals surface area contributed by atoms with Crippen LogP contribution in [0.25, 0.3) is 0 Å². The van der Waals surface area contributed by atoms with Crippen LogP contribution in [0.1, 0.15) is 17.4 Å². The molecular weight excluding hydrogens is 347 g/mol. The van der Waals surface area contributed by atoms with Gasteiger partial charge in [0.2, 0.25) is 0 Å². The van der Waals surface area contributed by atoms with Crippen molar-refractivity contribution in [1.82, 2.24) is 20.0 Å². The van der Waals surface area contributed by atoms with Crippen molar-refractivity contribution in [3.63, 3.8) is 0 Å². The zero-order valence-electron chi connectivity index (χ0n) is 13.9. The quantitative estimate of drug-likeness (QED) is 0.904. The summed E-state index contributed by atoms with van der Waals surface area (Å²) in [4.78, 5) is 14.0. The van der Waals surface area contributed by atoms with Gasteiger partial charge < -0.3 is 15.0 Å². The number of urea groups is 1. The molecule has 0 aliphatic carbocycles. The Bertz CT molecular complexity index is 752. The third-order valence-electron chi connectivity index (χ3n) is 4.09. The van der Waals surface area contributed by atoms with E-state index in [0.717, 1.165) is 5.69 Å². The number of aromatic nitrogens is 2. The molecule has 1 unspecified atom stereocenters. The first-order valence-electron chi connectivity index (χ1n) is 8.11. The van der Waals surface area contributed by atoms with Crippen molar-refractivity contribution in [3.8, 4) is 0 Å². The highest BCUT2D eigenvalue weighted by atomic mass is 35.5. The number of amides is 2. The number of hydrogen-bond acceptors (Lipinski definition) is 3. The normalized spacial score (nSPS) is 17.6. The van der Waals surface area contributed by atoms with E-state index in [1.165, 1.54) is 12.1 Å². The Morgan fingerprint density at radius 3 is 3.04 bits per heavy atom. The number of nitrogens with one attached hydrogen (secondary N) is 1. The molecule has 1 fully saturated rings. The van der Waals surface area contributed by atoms with E-state index in [0.29, 0.717) is 43.2 Å². The summed E-state index contributed by atoms with van der Waals surface area (Å²) in [5.41, 5.74) is 1.62. The van der Waals surface area contributed by atoms with Gasteiger partial charge in [-0.2, -0.15) is 5.10 Å². The SMILES string of the molecule is Cn1ccc(CCNC(=O)N2CCOC(c3ccc(F)cc3Cl)C2)n1. The van der Waals surface area contributed by atoms with Crippen LogP contribution >= 0.6 is 11.6 Å². The zero-order valence-corrected chi connectivity index (χ0v) is 14.7. The fraction of sp³-hybridized carbons (Fsp3) is 0.412. The third-order valence-corrected chi connectivity index (χ3v) is 4.42. The van der Waals surface area contributed by atoms with Gasteiger partial charge in [0.25, 0.3) is 0 Å². The molecule has 1 N–H and O–H groups in total. The summed E-state index contributed by atoms with van der Waals surface area (Å²) in [6.07, 6.45) is 2.18. The lowest BCUT2D eigenvalue weighted by Crippen LogP contribution is -2.47. The molecular formula is C17H20ClFN4O2. The van der Waals surface area contributed by atoms with E-state index in [4.69, 9.17) is 16.3 Å². The molecule has 1 aliphatic heterocycles. The van der Waals surface area contributed by atoms with Crippen molar-refractivity contribution >= 4 is 17.6 Å². The molecule has 1 aliphatic rings. The summed E-state index contributed by atoms with van der Waals surface area (Å²) in [7, 11) is 1.86. The van der Waals surface area contributed by atoms with Crippen LogP contribution in [0.3, 0.4) is 0 Å². The highest BCUT2D eigenvalue weighted by molar-refractivity contribution is 6.31. The minimum Gasteiger partial charge on any atom is -0.370 e. The van der Waals surface area contributed by atoms with Gasteiger partial charge >= 0.3 is 6.03 Å². The number of benzene rings is 1. The number of carbonyl (C=O) groups is 1. The lowest BCUT2D eigenvalue weighted by Gasteiger charge is -2.33. The van der Waals surface area contributed by atoms with Gasteiger partial charge in [0, 0.05) is 43.3 Å². The Hall–Kier alpha value is -2.12. The molecule has 0 radical (unpaired) electrons. The maximum absolute atomic E-state index is 13.2. The fourth-order valence-corrected chi connectivity index (χ4v) is 3.08. The van der Waals surface area contributed by atoms with Crippen molar-refractivity contribution < 1.29 is 13.9 Å². The fourth-order valence-electron chi connectivity index (χ4n) is 2.79. The van der Waals surface area contributed by atoms with Gasteiger partial charge in [-0.15, -0.1) is 0 Å². The van der Waals surface area contributed by atoms with Gasteiger partial charge in [-0.25, -0.2) is 9.18 Å². The summed E-state index contributed by atoms with van der Waals surface area (Å²) >= 11 is 6.10. The molecule has 134 valence electrons. The van der Waals surface area contributed by atoms with Gasteiger partial charge in [-0.05, 0) is 18.2 Å². The van der Waals surface area contributed by atoms with Gasteiger partial charge in [-0.3, -0.25) is 4.68 Å². The standard InChI is InChI=1S/C17H20ClFN4O2/c1-22-7-5-13(21-22)4-6-20-17(24)23-8-9-25-16(11-23)14-3-2-12(19)10-15(14)18/h2-3,5,7,10,16H,4,6,8-9,11H2,1H3,(H,20,24). The molecule has 2 amide bonds. The lowest BCUT2D eigenvalue weighted by atomic mass is 10.1. The summed E-state index contributed by atoms with van der Waals surface area (Å²) in [6.45, 7) is 1.80. The largest absolute Gasteiger partial charge is 0.370 e. The van der Waals surface area contributed by atoms with E-state index >= 15 is 0 Å². The first-order chi connectivity index (χ1) is 12.0.